The van der Waals surface area contributed by atoms with Crippen molar-refractivity contribution in [2.45, 2.75) is 30.1 Å². The Labute approximate surface area is 102 Å². The molecule has 0 radical (unpaired) electrons. The topological polar surface area (TPSA) is 0 Å². The van der Waals surface area contributed by atoms with Crippen LogP contribution in [-0.2, 0) is 6.42 Å². The Morgan fingerprint density at radius 3 is 2.31 bits per heavy atom. The van der Waals surface area contributed by atoms with E-state index in [1.807, 2.05) is 11.8 Å². The van der Waals surface area contributed by atoms with Crippen molar-refractivity contribution in [3.63, 3.8) is 0 Å². The minimum absolute atomic E-state index is 1.11. The molecule has 2 aromatic rings. The molecule has 0 N–H and O–H groups in total. The van der Waals surface area contributed by atoms with Gasteiger partial charge in [-0.05, 0) is 48.7 Å². The van der Waals surface area contributed by atoms with Crippen molar-refractivity contribution in [1.82, 2.24) is 0 Å². The fourth-order valence-electron chi connectivity index (χ4n) is 1.75. The molecule has 1 heteroatoms. The van der Waals surface area contributed by atoms with Gasteiger partial charge in [0.2, 0.25) is 0 Å². The van der Waals surface area contributed by atoms with Gasteiger partial charge in [0.05, 0.1) is 0 Å². The molecule has 82 valence electrons. The summed E-state index contributed by atoms with van der Waals surface area (Å²) in [5.41, 5.74) is 2.83. The Balaban J connectivity index is 2.20. The highest BCUT2D eigenvalue weighted by atomic mass is 32.2. The van der Waals surface area contributed by atoms with E-state index >= 15 is 0 Å². The molecule has 0 aliphatic rings. The summed E-state index contributed by atoms with van der Waals surface area (Å²) in [7, 11) is 0. The lowest BCUT2D eigenvalue weighted by Gasteiger charge is -2.06. The largest absolute Gasteiger partial charge is 0.0901 e. The van der Waals surface area contributed by atoms with Gasteiger partial charge in [0.25, 0.3) is 0 Å². The minimum Gasteiger partial charge on any atom is -0.0901 e. The Hall–Kier alpha value is -1.21. The van der Waals surface area contributed by atoms with E-state index in [9.17, 15) is 0 Å². The Bertz CT molecular complexity index is 460. The average Bonchev–Trinajstić information content (AvgIpc) is 2.31. The van der Waals surface area contributed by atoms with Gasteiger partial charge in [-0.3, -0.25) is 0 Å². The van der Waals surface area contributed by atoms with Gasteiger partial charge in [0, 0.05) is 9.79 Å². The van der Waals surface area contributed by atoms with Crippen LogP contribution in [0.15, 0.2) is 58.3 Å². The zero-order valence-corrected chi connectivity index (χ0v) is 10.6. The number of benzene rings is 2. The van der Waals surface area contributed by atoms with Gasteiger partial charge >= 0.3 is 0 Å². The third-order valence-corrected chi connectivity index (χ3v) is 3.67. The SMILES string of the molecule is CCc1ccc(Sc2ccccc2)cc1C. The summed E-state index contributed by atoms with van der Waals surface area (Å²) in [6.07, 6.45) is 1.11. The van der Waals surface area contributed by atoms with Crippen LogP contribution in [0.2, 0.25) is 0 Å². The van der Waals surface area contributed by atoms with Crippen LogP contribution in [0, 0.1) is 6.92 Å². The van der Waals surface area contributed by atoms with E-state index in [0.29, 0.717) is 0 Å². The van der Waals surface area contributed by atoms with Gasteiger partial charge < -0.3 is 0 Å². The first kappa shape index (κ1) is 11.3. The van der Waals surface area contributed by atoms with E-state index in [0.717, 1.165) is 6.42 Å². The Morgan fingerprint density at radius 1 is 0.938 bits per heavy atom. The fourth-order valence-corrected chi connectivity index (χ4v) is 2.69. The van der Waals surface area contributed by atoms with Crippen molar-refractivity contribution in [3.05, 3.63) is 59.7 Å². The van der Waals surface area contributed by atoms with Gasteiger partial charge in [0.1, 0.15) is 0 Å². The molecule has 0 nitrogen and oxygen atoms in total. The van der Waals surface area contributed by atoms with Crippen LogP contribution in [0.25, 0.3) is 0 Å². The van der Waals surface area contributed by atoms with E-state index in [-0.39, 0.29) is 0 Å². The zero-order chi connectivity index (χ0) is 11.4. The summed E-state index contributed by atoms with van der Waals surface area (Å²) < 4.78 is 0. The van der Waals surface area contributed by atoms with Crippen LogP contribution < -0.4 is 0 Å². The average molecular weight is 228 g/mol. The molecule has 0 saturated heterocycles. The number of hydrogen-bond acceptors (Lipinski definition) is 1. The molecule has 0 spiro atoms. The van der Waals surface area contributed by atoms with Crippen LogP contribution in [0.1, 0.15) is 18.1 Å². The van der Waals surface area contributed by atoms with Gasteiger partial charge in [-0.2, -0.15) is 0 Å². The van der Waals surface area contributed by atoms with Gasteiger partial charge in [-0.15, -0.1) is 0 Å². The van der Waals surface area contributed by atoms with Gasteiger partial charge in [-0.25, -0.2) is 0 Å². The van der Waals surface area contributed by atoms with Crippen molar-refractivity contribution in [1.29, 1.82) is 0 Å². The maximum atomic E-state index is 2.27. The molecular weight excluding hydrogens is 212 g/mol. The van der Waals surface area contributed by atoms with Crippen molar-refractivity contribution >= 4 is 11.8 Å². The van der Waals surface area contributed by atoms with Gasteiger partial charge in [0.15, 0.2) is 0 Å². The predicted molar refractivity (Wildman–Crippen MR) is 71.1 cm³/mol. The molecule has 0 bridgehead atoms. The van der Waals surface area contributed by atoms with Crippen molar-refractivity contribution < 1.29 is 0 Å². The molecular formula is C15H16S. The number of aryl methyl sites for hydroxylation is 2. The molecule has 0 fully saturated rings. The fraction of sp³-hybridized carbons (Fsp3) is 0.200. The van der Waals surface area contributed by atoms with Crippen LogP contribution in [0.3, 0.4) is 0 Å². The van der Waals surface area contributed by atoms with Gasteiger partial charge in [-0.1, -0.05) is 43.0 Å². The molecule has 0 aromatic heterocycles. The third-order valence-electron chi connectivity index (χ3n) is 2.67. The zero-order valence-electron chi connectivity index (χ0n) is 9.73. The molecule has 0 saturated carbocycles. The minimum atomic E-state index is 1.11. The summed E-state index contributed by atoms with van der Waals surface area (Å²) in [4.78, 5) is 2.62. The summed E-state index contributed by atoms with van der Waals surface area (Å²) in [5.74, 6) is 0. The number of rotatable bonds is 3. The van der Waals surface area contributed by atoms with Crippen LogP contribution in [0.5, 0.6) is 0 Å². The molecule has 2 aromatic carbocycles. The van der Waals surface area contributed by atoms with E-state index in [1.165, 1.54) is 20.9 Å². The molecule has 0 unspecified atom stereocenters. The molecule has 0 aliphatic heterocycles. The normalized spacial score (nSPS) is 10.4. The first-order chi connectivity index (χ1) is 7.79. The summed E-state index contributed by atoms with van der Waals surface area (Å²) >= 11 is 1.82. The van der Waals surface area contributed by atoms with Crippen LogP contribution in [-0.4, -0.2) is 0 Å². The monoisotopic (exact) mass is 228 g/mol. The number of hydrogen-bond donors (Lipinski definition) is 0. The second-order valence-corrected chi connectivity index (χ2v) is 5.00. The van der Waals surface area contributed by atoms with Crippen molar-refractivity contribution in [2.24, 2.45) is 0 Å². The highest BCUT2D eigenvalue weighted by Crippen LogP contribution is 2.28. The van der Waals surface area contributed by atoms with E-state index in [4.69, 9.17) is 0 Å². The highest BCUT2D eigenvalue weighted by molar-refractivity contribution is 7.99. The molecule has 0 heterocycles. The summed E-state index contributed by atoms with van der Waals surface area (Å²) in [5, 5.41) is 0. The van der Waals surface area contributed by atoms with E-state index < -0.39 is 0 Å². The first-order valence-electron chi connectivity index (χ1n) is 5.62. The molecule has 0 atom stereocenters. The van der Waals surface area contributed by atoms with Crippen molar-refractivity contribution in [3.8, 4) is 0 Å². The smallest absolute Gasteiger partial charge is 0.0125 e. The molecule has 0 amide bonds. The first-order valence-corrected chi connectivity index (χ1v) is 6.43. The molecule has 16 heavy (non-hydrogen) atoms. The summed E-state index contributed by atoms with van der Waals surface area (Å²) in [6.45, 7) is 4.39. The lowest BCUT2D eigenvalue weighted by Crippen LogP contribution is -1.86. The third kappa shape index (κ3) is 2.67. The lowest BCUT2D eigenvalue weighted by atomic mass is 10.1. The molecule has 2 rings (SSSR count). The Morgan fingerprint density at radius 2 is 1.69 bits per heavy atom. The Kier molecular flexibility index (Phi) is 3.68. The van der Waals surface area contributed by atoms with Crippen LogP contribution >= 0.6 is 11.8 Å². The van der Waals surface area contributed by atoms with E-state index in [2.05, 4.69) is 62.4 Å². The second-order valence-electron chi connectivity index (χ2n) is 3.86. The van der Waals surface area contributed by atoms with E-state index in [1.54, 1.807) is 0 Å². The lowest BCUT2D eigenvalue weighted by molar-refractivity contribution is 1.10. The molecule has 0 aliphatic carbocycles. The summed E-state index contributed by atoms with van der Waals surface area (Å²) in [6, 6.07) is 17.2. The second kappa shape index (κ2) is 5.22. The maximum Gasteiger partial charge on any atom is 0.0125 e. The standard InChI is InChI=1S/C15H16S/c1-3-13-9-10-15(11-12(13)2)16-14-7-5-4-6-8-14/h4-11H,3H2,1-2H3. The predicted octanol–water partition coefficient (Wildman–Crippen LogP) is 4.71. The van der Waals surface area contributed by atoms with Crippen LogP contribution in [0.4, 0.5) is 0 Å². The quantitative estimate of drug-likeness (QED) is 0.733. The maximum absolute atomic E-state index is 2.27. The highest BCUT2D eigenvalue weighted by Gasteiger charge is 2.00. The van der Waals surface area contributed by atoms with Crippen molar-refractivity contribution in [2.75, 3.05) is 0 Å².